The average molecular weight is 583 g/mol. The van der Waals surface area contributed by atoms with Gasteiger partial charge in [-0.25, -0.2) is 23.5 Å². The van der Waals surface area contributed by atoms with Crippen LogP contribution in [0.15, 0.2) is 65.8 Å². The summed E-state index contributed by atoms with van der Waals surface area (Å²) in [6, 6.07) is 12.4. The van der Waals surface area contributed by atoms with Gasteiger partial charge in [0.25, 0.3) is 5.56 Å². The fraction of sp³-hybridized carbons (Fsp3) is 0.333. The number of nitrogens with zero attached hydrogens (tertiary/aromatic N) is 7. The molecule has 220 valence electrons. The standard InChI is InChI=1S/C30H31FN10O2/c1-18(20-8-9-27(32-15-20)40-17-21(31)16-33-40)34-30(43)39-12-10-22(11-13-39)41-29(42)24-5-3-2-4-23(24)28(38-41)35-26-14-25(36-37-26)19-6-7-19/h2-5,8-9,14-19,22H,6-7,10-13H2,1H3,(H,34,43)(H2,35,36,37,38)/t18-/m0/s1. The zero-order valence-electron chi connectivity index (χ0n) is 23.6. The molecule has 1 aliphatic heterocycles. The molecule has 1 aliphatic carbocycles. The predicted octanol–water partition coefficient (Wildman–Crippen LogP) is 4.57. The molecule has 4 aromatic heterocycles. The van der Waals surface area contributed by atoms with Crippen LogP contribution >= 0.6 is 0 Å². The lowest BCUT2D eigenvalue weighted by molar-refractivity contribution is 0.165. The molecule has 2 amide bonds. The van der Waals surface area contributed by atoms with Gasteiger partial charge in [0.1, 0.15) is 0 Å². The van der Waals surface area contributed by atoms with Crippen molar-refractivity contribution in [2.24, 2.45) is 0 Å². The van der Waals surface area contributed by atoms with Crippen molar-refractivity contribution in [3.63, 3.8) is 0 Å². The third kappa shape index (κ3) is 5.45. The van der Waals surface area contributed by atoms with Crippen LogP contribution in [0.3, 0.4) is 0 Å². The Bertz CT molecular complexity index is 1830. The summed E-state index contributed by atoms with van der Waals surface area (Å²) < 4.78 is 16.2. The Kier molecular flexibility index (Phi) is 6.84. The lowest BCUT2D eigenvalue weighted by Crippen LogP contribution is -2.46. The first-order valence-electron chi connectivity index (χ1n) is 14.5. The van der Waals surface area contributed by atoms with Crippen LogP contribution in [0.1, 0.15) is 61.9 Å². The highest BCUT2D eigenvalue weighted by Gasteiger charge is 2.28. The van der Waals surface area contributed by atoms with Gasteiger partial charge in [-0.15, -0.1) is 0 Å². The van der Waals surface area contributed by atoms with Crippen molar-refractivity contribution in [3.8, 4) is 5.82 Å². The fourth-order valence-electron chi connectivity index (χ4n) is 5.56. The number of hydrogen-bond acceptors (Lipinski definition) is 7. The number of likely N-dealkylation sites (tertiary alicyclic amines) is 1. The van der Waals surface area contributed by atoms with Gasteiger partial charge >= 0.3 is 6.03 Å². The number of fused-ring (bicyclic) bond motifs is 1. The molecule has 13 heteroatoms. The maximum Gasteiger partial charge on any atom is 0.317 e. The van der Waals surface area contributed by atoms with E-state index >= 15 is 0 Å². The highest BCUT2D eigenvalue weighted by molar-refractivity contribution is 5.92. The second-order valence-electron chi connectivity index (χ2n) is 11.2. The second kappa shape index (κ2) is 11.0. The van der Waals surface area contributed by atoms with Crippen molar-refractivity contribution in [2.45, 2.75) is 50.6 Å². The third-order valence-electron chi connectivity index (χ3n) is 8.18. The van der Waals surface area contributed by atoms with Gasteiger partial charge in [-0.3, -0.25) is 9.89 Å². The number of hydrogen-bond donors (Lipinski definition) is 3. The van der Waals surface area contributed by atoms with Gasteiger partial charge < -0.3 is 15.5 Å². The predicted molar refractivity (Wildman–Crippen MR) is 158 cm³/mol. The lowest BCUT2D eigenvalue weighted by atomic mass is 10.0. The van der Waals surface area contributed by atoms with Crippen molar-refractivity contribution in [3.05, 3.63) is 88.5 Å². The molecule has 5 aromatic rings. The highest BCUT2D eigenvalue weighted by Crippen LogP contribution is 2.39. The van der Waals surface area contributed by atoms with Gasteiger partial charge in [0, 0.05) is 42.4 Å². The van der Waals surface area contributed by atoms with Gasteiger partial charge in [0.15, 0.2) is 23.3 Å². The van der Waals surface area contributed by atoms with Crippen LogP contribution in [-0.4, -0.2) is 58.8 Å². The lowest BCUT2D eigenvalue weighted by Gasteiger charge is -2.33. The average Bonchev–Trinajstić information content (AvgIpc) is 3.62. The summed E-state index contributed by atoms with van der Waals surface area (Å²) in [6.45, 7) is 2.85. The van der Waals surface area contributed by atoms with Crippen LogP contribution in [0, 0.1) is 5.82 Å². The topological polar surface area (TPSA) is 139 Å². The summed E-state index contributed by atoms with van der Waals surface area (Å²) in [6.07, 6.45) is 7.54. The summed E-state index contributed by atoms with van der Waals surface area (Å²) in [5, 5.41) is 23.9. The van der Waals surface area contributed by atoms with E-state index in [4.69, 9.17) is 5.10 Å². The Morgan fingerprint density at radius 2 is 1.86 bits per heavy atom. The van der Waals surface area contributed by atoms with Crippen LogP contribution in [0.2, 0.25) is 0 Å². The van der Waals surface area contributed by atoms with Gasteiger partial charge in [0.2, 0.25) is 0 Å². The van der Waals surface area contributed by atoms with E-state index in [1.807, 2.05) is 43.3 Å². The summed E-state index contributed by atoms with van der Waals surface area (Å²) in [5.74, 6) is 1.84. The number of amides is 2. The highest BCUT2D eigenvalue weighted by atomic mass is 19.1. The summed E-state index contributed by atoms with van der Waals surface area (Å²) >= 11 is 0. The van der Waals surface area contributed by atoms with E-state index in [1.54, 1.807) is 21.8 Å². The van der Waals surface area contributed by atoms with Crippen LogP contribution in [0.25, 0.3) is 16.6 Å². The van der Waals surface area contributed by atoms with Crippen molar-refractivity contribution in [1.29, 1.82) is 0 Å². The van der Waals surface area contributed by atoms with Crippen molar-refractivity contribution < 1.29 is 9.18 Å². The molecule has 0 bridgehead atoms. The third-order valence-corrected chi connectivity index (χ3v) is 8.18. The van der Waals surface area contributed by atoms with Crippen LogP contribution in [-0.2, 0) is 0 Å². The van der Waals surface area contributed by atoms with Crippen LogP contribution < -0.4 is 16.2 Å². The summed E-state index contributed by atoms with van der Waals surface area (Å²) in [7, 11) is 0. The number of pyridine rings is 1. The Hall–Kier alpha value is -5.07. The molecule has 1 saturated carbocycles. The Labute approximate surface area is 245 Å². The Morgan fingerprint density at radius 1 is 1.07 bits per heavy atom. The number of nitrogens with one attached hydrogen (secondary N) is 3. The first-order chi connectivity index (χ1) is 20.9. The molecule has 12 nitrogen and oxygen atoms in total. The SMILES string of the molecule is C[C@H](NC(=O)N1CCC(n2nc(Nc3cc(C4CC4)[nH]n3)c3ccccc3c2=O)CC1)c1ccc(-n2cc(F)cn2)nc1. The molecule has 0 radical (unpaired) electrons. The van der Waals surface area contributed by atoms with Gasteiger partial charge in [-0.05, 0) is 50.3 Å². The van der Waals surface area contributed by atoms with E-state index in [9.17, 15) is 14.0 Å². The number of halogens is 1. The Balaban J connectivity index is 1.02. The zero-order chi connectivity index (χ0) is 29.5. The minimum absolute atomic E-state index is 0.146. The number of benzene rings is 1. The van der Waals surface area contributed by atoms with E-state index in [0.717, 1.165) is 22.8 Å². The van der Waals surface area contributed by atoms with Gasteiger partial charge in [0.05, 0.1) is 29.9 Å². The van der Waals surface area contributed by atoms with Crippen molar-refractivity contribution >= 4 is 28.4 Å². The zero-order valence-corrected chi connectivity index (χ0v) is 23.6. The molecule has 3 N–H and O–H groups in total. The molecular formula is C30H31FN10O2. The van der Waals surface area contributed by atoms with E-state index < -0.39 is 5.82 Å². The van der Waals surface area contributed by atoms with E-state index in [-0.39, 0.29) is 23.7 Å². The molecule has 2 fully saturated rings. The molecule has 0 spiro atoms. The number of urea groups is 1. The van der Waals surface area contributed by atoms with Crippen molar-refractivity contribution in [2.75, 3.05) is 18.4 Å². The summed E-state index contributed by atoms with van der Waals surface area (Å²) in [4.78, 5) is 32.7. The van der Waals surface area contributed by atoms with Gasteiger partial charge in [-0.1, -0.05) is 24.3 Å². The fourth-order valence-corrected chi connectivity index (χ4v) is 5.56. The number of carbonyl (C=O) groups excluding carboxylic acids is 1. The normalized spacial score (nSPS) is 16.4. The molecular weight excluding hydrogens is 551 g/mol. The maximum absolute atomic E-state index is 13.5. The number of aromatic nitrogens is 7. The number of rotatable bonds is 7. The van der Waals surface area contributed by atoms with Crippen LogP contribution in [0.5, 0.6) is 0 Å². The van der Waals surface area contributed by atoms with Crippen molar-refractivity contribution in [1.82, 2.24) is 45.0 Å². The van der Waals surface area contributed by atoms with E-state index in [0.29, 0.717) is 54.7 Å². The number of carbonyl (C=O) groups is 1. The number of aromatic amines is 1. The quantitative estimate of drug-likeness (QED) is 0.256. The van der Waals surface area contributed by atoms with Gasteiger partial charge in [-0.2, -0.15) is 15.3 Å². The monoisotopic (exact) mass is 582 g/mol. The first-order valence-corrected chi connectivity index (χ1v) is 14.5. The minimum Gasteiger partial charge on any atom is -0.331 e. The maximum atomic E-state index is 13.5. The second-order valence-corrected chi connectivity index (χ2v) is 11.2. The number of anilines is 2. The Morgan fingerprint density at radius 3 is 2.56 bits per heavy atom. The largest absolute Gasteiger partial charge is 0.331 e. The molecule has 0 unspecified atom stereocenters. The molecule has 5 heterocycles. The van der Waals surface area contributed by atoms with E-state index in [2.05, 4.69) is 30.9 Å². The smallest absolute Gasteiger partial charge is 0.317 e. The first kappa shape index (κ1) is 26.8. The minimum atomic E-state index is -0.440. The molecule has 2 aliphatic rings. The summed E-state index contributed by atoms with van der Waals surface area (Å²) in [5.41, 5.74) is 1.78. The number of H-pyrrole nitrogens is 1. The van der Waals surface area contributed by atoms with E-state index in [1.165, 1.54) is 23.7 Å². The molecule has 1 saturated heterocycles. The molecule has 43 heavy (non-hydrogen) atoms. The van der Waals surface area contributed by atoms with Crippen LogP contribution in [0.4, 0.5) is 20.8 Å². The molecule has 1 aromatic carbocycles. The molecule has 1 atom stereocenters. The number of piperidine rings is 1. The molecule has 7 rings (SSSR count).